The summed E-state index contributed by atoms with van der Waals surface area (Å²) >= 11 is 0. The Morgan fingerprint density at radius 2 is 1.92 bits per heavy atom. The summed E-state index contributed by atoms with van der Waals surface area (Å²) in [6.07, 6.45) is 0.343. The lowest BCUT2D eigenvalue weighted by Crippen LogP contribution is -2.14. The summed E-state index contributed by atoms with van der Waals surface area (Å²) in [6, 6.07) is 0. The van der Waals surface area contributed by atoms with E-state index in [1.54, 1.807) is 0 Å². The monoisotopic (exact) mass is 176 g/mol. The molecule has 0 saturated carbocycles. The molecule has 0 radical (unpaired) electrons. The molecule has 0 aliphatic carbocycles. The predicted molar refractivity (Wildman–Crippen MR) is 43.7 cm³/mol. The van der Waals surface area contributed by atoms with Gasteiger partial charge in [-0.05, 0) is 12.8 Å². The zero-order valence-corrected chi connectivity index (χ0v) is 7.07. The lowest BCUT2D eigenvalue weighted by molar-refractivity contribution is -0.121. The number of carbonyl (C=O) groups excluding carboxylic acids is 1. The van der Waals surface area contributed by atoms with Gasteiger partial charge in [-0.2, -0.15) is 0 Å². The first-order chi connectivity index (χ1) is 5.70. The Labute approximate surface area is 71.8 Å². The van der Waals surface area contributed by atoms with Gasteiger partial charge in [0.25, 0.3) is 0 Å². The van der Waals surface area contributed by atoms with Gasteiger partial charge in [-0.1, -0.05) is 0 Å². The second-order valence-corrected chi connectivity index (χ2v) is 2.74. The Kier molecular flexibility index (Phi) is 6.94. The van der Waals surface area contributed by atoms with E-state index >= 15 is 0 Å². The highest BCUT2D eigenvalue weighted by molar-refractivity contribution is 5.78. The summed E-state index contributed by atoms with van der Waals surface area (Å²) in [5.41, 5.74) is 0. The molecule has 4 heteroatoms. The standard InChI is InChI=1S/C8H16O4/c9-4-1-2-7(11)6-8(12)3-5-10/h8-10,12H,1-6H2/t8-/m1/s1. The molecule has 1 atom stereocenters. The summed E-state index contributed by atoms with van der Waals surface area (Å²) in [4.78, 5) is 10.9. The largest absolute Gasteiger partial charge is 0.396 e. The molecule has 0 amide bonds. The molecule has 0 unspecified atom stereocenters. The van der Waals surface area contributed by atoms with Crippen molar-refractivity contribution in [3.05, 3.63) is 0 Å². The maximum absolute atomic E-state index is 10.9. The van der Waals surface area contributed by atoms with Crippen LogP contribution in [0.4, 0.5) is 0 Å². The van der Waals surface area contributed by atoms with Gasteiger partial charge in [-0.3, -0.25) is 4.79 Å². The minimum atomic E-state index is -0.735. The molecular formula is C8H16O4. The summed E-state index contributed by atoms with van der Waals surface area (Å²) < 4.78 is 0. The number of aliphatic hydroxyl groups excluding tert-OH is 3. The van der Waals surface area contributed by atoms with Crippen molar-refractivity contribution >= 4 is 5.78 Å². The van der Waals surface area contributed by atoms with Crippen molar-refractivity contribution in [1.82, 2.24) is 0 Å². The Balaban J connectivity index is 3.40. The van der Waals surface area contributed by atoms with Gasteiger partial charge >= 0.3 is 0 Å². The second kappa shape index (κ2) is 7.21. The van der Waals surface area contributed by atoms with Gasteiger partial charge in [-0.15, -0.1) is 0 Å². The molecule has 0 aromatic heterocycles. The Morgan fingerprint density at radius 1 is 1.25 bits per heavy atom. The van der Waals surface area contributed by atoms with E-state index in [-0.39, 0.29) is 31.8 Å². The van der Waals surface area contributed by atoms with Crippen LogP contribution >= 0.6 is 0 Å². The van der Waals surface area contributed by atoms with Crippen LogP contribution in [0.5, 0.6) is 0 Å². The average molecular weight is 176 g/mol. The molecule has 0 saturated heterocycles. The molecule has 0 aromatic carbocycles. The van der Waals surface area contributed by atoms with Crippen LogP contribution in [0, 0.1) is 0 Å². The van der Waals surface area contributed by atoms with Crippen LogP contribution in [0.2, 0.25) is 0 Å². The van der Waals surface area contributed by atoms with E-state index in [4.69, 9.17) is 15.3 Å². The summed E-state index contributed by atoms with van der Waals surface area (Å²) in [6.45, 7) is -0.101. The molecule has 0 aliphatic heterocycles. The van der Waals surface area contributed by atoms with E-state index in [9.17, 15) is 4.79 Å². The molecule has 0 heterocycles. The zero-order chi connectivity index (χ0) is 9.40. The highest BCUT2D eigenvalue weighted by Gasteiger charge is 2.09. The highest BCUT2D eigenvalue weighted by atomic mass is 16.3. The molecule has 4 nitrogen and oxygen atoms in total. The van der Waals surface area contributed by atoms with Crippen LogP contribution in [0.25, 0.3) is 0 Å². The van der Waals surface area contributed by atoms with Crippen molar-refractivity contribution in [2.24, 2.45) is 0 Å². The minimum absolute atomic E-state index is 0.00182. The first-order valence-electron chi connectivity index (χ1n) is 4.12. The SMILES string of the molecule is O=C(CCCO)C[C@H](O)CCO. The number of carbonyl (C=O) groups is 1. The minimum Gasteiger partial charge on any atom is -0.396 e. The van der Waals surface area contributed by atoms with Gasteiger partial charge in [0, 0.05) is 26.1 Å². The maximum atomic E-state index is 10.9. The molecule has 0 aliphatic rings. The van der Waals surface area contributed by atoms with Crippen LogP contribution < -0.4 is 0 Å². The lowest BCUT2D eigenvalue weighted by atomic mass is 10.1. The summed E-state index contributed by atoms with van der Waals surface area (Å²) in [5.74, 6) is -0.0648. The van der Waals surface area contributed by atoms with E-state index in [1.165, 1.54) is 0 Å². The van der Waals surface area contributed by atoms with Gasteiger partial charge in [0.05, 0.1) is 6.10 Å². The molecule has 0 spiro atoms. The number of hydrogen-bond acceptors (Lipinski definition) is 4. The molecule has 0 bridgehead atoms. The van der Waals surface area contributed by atoms with Gasteiger partial charge < -0.3 is 15.3 Å². The molecule has 3 N–H and O–H groups in total. The van der Waals surface area contributed by atoms with Crippen LogP contribution in [-0.4, -0.2) is 40.4 Å². The fourth-order valence-electron chi connectivity index (χ4n) is 0.892. The van der Waals surface area contributed by atoms with Crippen LogP contribution in [0.1, 0.15) is 25.7 Å². The van der Waals surface area contributed by atoms with Crippen molar-refractivity contribution in [2.45, 2.75) is 31.8 Å². The number of Topliss-reactive ketones (excluding diaryl/α,β-unsaturated/α-hetero) is 1. The predicted octanol–water partition coefficient (Wildman–Crippen LogP) is -0.539. The van der Waals surface area contributed by atoms with Crippen LogP contribution in [0.15, 0.2) is 0 Å². The number of aliphatic hydroxyl groups is 3. The van der Waals surface area contributed by atoms with E-state index in [2.05, 4.69) is 0 Å². The van der Waals surface area contributed by atoms with Crippen molar-refractivity contribution in [3.63, 3.8) is 0 Å². The summed E-state index contributed by atoms with van der Waals surface area (Å²) in [5, 5.41) is 25.9. The first-order valence-corrected chi connectivity index (χ1v) is 4.12. The molecule has 72 valence electrons. The average Bonchev–Trinajstić information content (AvgIpc) is 2.01. The quantitative estimate of drug-likeness (QED) is 0.487. The van der Waals surface area contributed by atoms with E-state index in [1.807, 2.05) is 0 Å². The van der Waals surface area contributed by atoms with Crippen molar-refractivity contribution in [2.75, 3.05) is 13.2 Å². The van der Waals surface area contributed by atoms with Crippen LogP contribution in [0.3, 0.4) is 0 Å². The highest BCUT2D eigenvalue weighted by Crippen LogP contribution is 2.02. The van der Waals surface area contributed by atoms with Crippen molar-refractivity contribution in [3.8, 4) is 0 Å². The van der Waals surface area contributed by atoms with Crippen molar-refractivity contribution < 1.29 is 20.1 Å². The van der Waals surface area contributed by atoms with Crippen molar-refractivity contribution in [1.29, 1.82) is 0 Å². The second-order valence-electron chi connectivity index (χ2n) is 2.74. The number of rotatable bonds is 7. The molecule has 0 aromatic rings. The Morgan fingerprint density at radius 3 is 2.42 bits per heavy atom. The van der Waals surface area contributed by atoms with E-state index in [0.29, 0.717) is 12.8 Å². The normalized spacial score (nSPS) is 12.9. The topological polar surface area (TPSA) is 77.8 Å². The Hall–Kier alpha value is -0.450. The summed E-state index contributed by atoms with van der Waals surface area (Å²) in [7, 11) is 0. The zero-order valence-electron chi connectivity index (χ0n) is 7.07. The first kappa shape index (κ1) is 11.6. The van der Waals surface area contributed by atoms with E-state index in [0.717, 1.165) is 0 Å². The molecule has 12 heavy (non-hydrogen) atoms. The lowest BCUT2D eigenvalue weighted by Gasteiger charge is -2.06. The fourth-order valence-corrected chi connectivity index (χ4v) is 0.892. The maximum Gasteiger partial charge on any atom is 0.135 e. The van der Waals surface area contributed by atoms with Gasteiger partial charge in [-0.25, -0.2) is 0 Å². The molecule has 0 rings (SSSR count). The third-order valence-corrected chi connectivity index (χ3v) is 1.54. The smallest absolute Gasteiger partial charge is 0.135 e. The van der Waals surface area contributed by atoms with Crippen LogP contribution in [-0.2, 0) is 4.79 Å². The molecule has 0 fully saturated rings. The van der Waals surface area contributed by atoms with Gasteiger partial charge in [0.2, 0.25) is 0 Å². The third-order valence-electron chi connectivity index (χ3n) is 1.54. The molecular weight excluding hydrogens is 160 g/mol. The third kappa shape index (κ3) is 6.27. The Bertz CT molecular complexity index is 124. The van der Waals surface area contributed by atoms with Gasteiger partial charge in [0.15, 0.2) is 0 Å². The number of hydrogen-bond donors (Lipinski definition) is 3. The number of ketones is 1. The fraction of sp³-hybridized carbons (Fsp3) is 0.875. The van der Waals surface area contributed by atoms with E-state index < -0.39 is 6.10 Å². The van der Waals surface area contributed by atoms with Gasteiger partial charge in [0.1, 0.15) is 5.78 Å².